The first-order valence-corrected chi connectivity index (χ1v) is 12.1. The van der Waals surface area contributed by atoms with Crippen LogP contribution in [0.2, 0.25) is 0 Å². The quantitative estimate of drug-likeness (QED) is 0.445. The van der Waals surface area contributed by atoms with Crippen LogP contribution in [-0.4, -0.2) is 41.1 Å². The maximum Gasteiger partial charge on any atom is 0.490 e. The molecule has 0 unspecified atom stereocenters. The Hall–Kier alpha value is -4.09. The van der Waals surface area contributed by atoms with Crippen LogP contribution in [0.3, 0.4) is 0 Å². The molecular weight excluding hydrogens is 493 g/mol. The molecule has 5 nitrogen and oxygen atoms in total. The molecule has 1 fully saturated rings. The van der Waals surface area contributed by atoms with Gasteiger partial charge in [-0.05, 0) is 66.6 Å². The fraction of sp³-hybridized carbons (Fsp3) is 0.267. The first-order chi connectivity index (χ1) is 18.1. The van der Waals surface area contributed by atoms with Crippen molar-refractivity contribution in [3.8, 4) is 11.8 Å². The van der Waals surface area contributed by atoms with Crippen molar-refractivity contribution in [1.82, 2.24) is 4.90 Å². The van der Waals surface area contributed by atoms with Gasteiger partial charge in [-0.25, -0.2) is 4.79 Å². The minimum atomic E-state index is -5.08. The highest BCUT2D eigenvalue weighted by Crippen LogP contribution is 2.29. The van der Waals surface area contributed by atoms with E-state index in [2.05, 4.69) is 49.1 Å². The number of halogens is 3. The molecule has 3 N–H and O–H groups in total. The van der Waals surface area contributed by atoms with E-state index in [1.165, 1.54) is 11.1 Å². The predicted octanol–water partition coefficient (Wildman–Crippen LogP) is 5.51. The van der Waals surface area contributed by atoms with Gasteiger partial charge in [0.05, 0.1) is 0 Å². The number of amides is 1. The Balaban J connectivity index is 0.000000505. The molecule has 0 saturated carbocycles. The molecule has 0 bridgehead atoms. The van der Waals surface area contributed by atoms with E-state index in [0.29, 0.717) is 18.0 Å². The Morgan fingerprint density at radius 1 is 0.974 bits per heavy atom. The fourth-order valence-electron chi connectivity index (χ4n) is 4.16. The number of hydrogen-bond donors (Lipinski definition) is 2. The van der Waals surface area contributed by atoms with Gasteiger partial charge in [-0.15, -0.1) is 0 Å². The van der Waals surface area contributed by atoms with Crippen LogP contribution in [-0.2, 0) is 11.3 Å². The van der Waals surface area contributed by atoms with Gasteiger partial charge in [0.25, 0.3) is 5.91 Å². The summed E-state index contributed by atoms with van der Waals surface area (Å²) in [7, 11) is 0. The Labute approximate surface area is 220 Å². The van der Waals surface area contributed by atoms with E-state index >= 15 is 0 Å². The van der Waals surface area contributed by atoms with Crippen molar-refractivity contribution in [1.29, 1.82) is 0 Å². The summed E-state index contributed by atoms with van der Waals surface area (Å²) in [5, 5.41) is 7.12. The number of hydrogen-bond acceptors (Lipinski definition) is 3. The lowest BCUT2D eigenvalue weighted by Gasteiger charge is -2.32. The fourth-order valence-corrected chi connectivity index (χ4v) is 4.16. The molecule has 0 atom stereocenters. The van der Waals surface area contributed by atoms with Crippen molar-refractivity contribution in [3.63, 3.8) is 0 Å². The highest BCUT2D eigenvalue weighted by Gasteiger charge is 2.38. The number of aryl methyl sites for hydroxylation is 1. The van der Waals surface area contributed by atoms with Crippen molar-refractivity contribution in [3.05, 3.63) is 106 Å². The molecule has 3 aromatic carbocycles. The Bertz CT molecular complexity index is 1330. The van der Waals surface area contributed by atoms with Gasteiger partial charge in [-0.2, -0.15) is 13.2 Å². The Morgan fingerprint density at radius 3 is 2.26 bits per heavy atom. The van der Waals surface area contributed by atoms with E-state index in [0.717, 1.165) is 42.6 Å². The number of alkyl halides is 3. The van der Waals surface area contributed by atoms with Crippen LogP contribution in [0, 0.1) is 18.8 Å². The van der Waals surface area contributed by atoms with Gasteiger partial charge >= 0.3 is 12.1 Å². The molecule has 38 heavy (non-hydrogen) atoms. The topological polar surface area (TPSA) is 83.6 Å². The summed E-state index contributed by atoms with van der Waals surface area (Å²) in [5.41, 5.74) is 12.0. The van der Waals surface area contributed by atoms with E-state index in [4.69, 9.17) is 15.6 Å². The van der Waals surface area contributed by atoms with E-state index in [1.807, 2.05) is 47.4 Å². The molecule has 1 aliphatic heterocycles. The number of carboxylic acid groups (broad SMARTS) is 1. The van der Waals surface area contributed by atoms with E-state index in [1.54, 1.807) is 0 Å². The number of likely N-dealkylation sites (tertiary alicyclic amines) is 1. The van der Waals surface area contributed by atoms with Gasteiger partial charge in [-0.1, -0.05) is 60.4 Å². The molecule has 1 heterocycles. The van der Waals surface area contributed by atoms with Crippen molar-refractivity contribution < 1.29 is 27.9 Å². The number of carbonyl (C=O) groups is 2. The second kappa shape index (κ2) is 12.9. The maximum atomic E-state index is 13.1. The molecule has 0 radical (unpaired) electrons. The summed E-state index contributed by atoms with van der Waals surface area (Å²) < 4.78 is 31.7. The zero-order valence-corrected chi connectivity index (χ0v) is 21.0. The lowest BCUT2D eigenvalue weighted by atomic mass is 9.88. The summed E-state index contributed by atoms with van der Waals surface area (Å²) >= 11 is 0. The smallest absolute Gasteiger partial charge is 0.475 e. The molecule has 0 spiro atoms. The second-order valence-electron chi connectivity index (χ2n) is 8.96. The number of nitrogens with zero attached hydrogens (tertiary/aromatic N) is 1. The standard InChI is InChI=1S/C28H28N2O.C2HF3O2/c1-21-6-2-3-9-24(21)13-12-22-7-4-11-27(18-22)28(31)30-16-14-25(15-17-30)26-10-5-8-23(19-26)20-29;3-2(4,5)1(6)7/h2-11,18-19,25H,14-17,20,29H2,1H3;(H,6,7). The predicted molar refractivity (Wildman–Crippen MR) is 140 cm³/mol. The molecule has 4 rings (SSSR count). The number of rotatable bonds is 3. The minimum Gasteiger partial charge on any atom is -0.475 e. The highest BCUT2D eigenvalue weighted by atomic mass is 19.4. The van der Waals surface area contributed by atoms with E-state index < -0.39 is 12.1 Å². The summed E-state index contributed by atoms with van der Waals surface area (Å²) in [5.74, 6) is 4.26. The lowest BCUT2D eigenvalue weighted by Crippen LogP contribution is -2.37. The van der Waals surface area contributed by atoms with Crippen LogP contribution >= 0.6 is 0 Å². The van der Waals surface area contributed by atoms with Crippen molar-refractivity contribution in [2.75, 3.05) is 13.1 Å². The van der Waals surface area contributed by atoms with Gasteiger partial charge in [-0.3, -0.25) is 4.79 Å². The number of carboxylic acids is 1. The summed E-state index contributed by atoms with van der Waals surface area (Å²) in [6, 6.07) is 24.3. The van der Waals surface area contributed by atoms with E-state index in [9.17, 15) is 18.0 Å². The highest BCUT2D eigenvalue weighted by molar-refractivity contribution is 5.94. The second-order valence-corrected chi connectivity index (χ2v) is 8.96. The SMILES string of the molecule is Cc1ccccc1C#Cc1cccc(C(=O)N2CCC(c3cccc(CN)c3)CC2)c1.O=C(O)C(F)(F)F. The normalized spacial score (nSPS) is 13.6. The summed E-state index contributed by atoms with van der Waals surface area (Å²) in [4.78, 5) is 24.0. The van der Waals surface area contributed by atoms with Crippen molar-refractivity contribution in [2.24, 2.45) is 5.73 Å². The number of benzene rings is 3. The van der Waals surface area contributed by atoms with Gasteiger partial charge in [0.2, 0.25) is 0 Å². The minimum absolute atomic E-state index is 0.0914. The zero-order chi connectivity index (χ0) is 27.7. The average molecular weight is 523 g/mol. The largest absolute Gasteiger partial charge is 0.490 e. The molecule has 1 aliphatic rings. The third-order valence-electron chi connectivity index (χ3n) is 6.28. The van der Waals surface area contributed by atoms with Crippen LogP contribution in [0.1, 0.15) is 56.9 Å². The molecule has 0 aliphatic carbocycles. The van der Waals surface area contributed by atoms with Crippen molar-refractivity contribution >= 4 is 11.9 Å². The molecule has 0 aromatic heterocycles. The number of piperidine rings is 1. The molecule has 1 saturated heterocycles. The third kappa shape index (κ3) is 7.95. The average Bonchev–Trinajstić information content (AvgIpc) is 2.92. The lowest BCUT2D eigenvalue weighted by molar-refractivity contribution is -0.192. The van der Waals surface area contributed by atoms with Crippen LogP contribution in [0.4, 0.5) is 13.2 Å². The maximum absolute atomic E-state index is 13.1. The Kier molecular flexibility index (Phi) is 9.69. The Morgan fingerprint density at radius 2 is 1.63 bits per heavy atom. The first kappa shape index (κ1) is 28.5. The van der Waals surface area contributed by atoms with Gasteiger partial charge in [0, 0.05) is 36.3 Å². The van der Waals surface area contributed by atoms with Gasteiger partial charge < -0.3 is 15.7 Å². The monoisotopic (exact) mass is 522 g/mol. The van der Waals surface area contributed by atoms with Crippen molar-refractivity contribution in [2.45, 2.75) is 38.4 Å². The van der Waals surface area contributed by atoms with Crippen LogP contribution in [0.25, 0.3) is 0 Å². The summed E-state index contributed by atoms with van der Waals surface area (Å²) in [6.07, 6.45) is -3.13. The summed E-state index contributed by atoms with van der Waals surface area (Å²) in [6.45, 7) is 4.17. The molecule has 198 valence electrons. The first-order valence-electron chi connectivity index (χ1n) is 12.1. The number of aliphatic carboxylic acids is 1. The number of carbonyl (C=O) groups excluding carboxylic acids is 1. The molecule has 8 heteroatoms. The third-order valence-corrected chi connectivity index (χ3v) is 6.28. The van der Waals surface area contributed by atoms with Gasteiger partial charge in [0.15, 0.2) is 0 Å². The zero-order valence-electron chi connectivity index (χ0n) is 21.0. The molecular formula is C30H29F3N2O3. The van der Waals surface area contributed by atoms with Crippen LogP contribution in [0.15, 0.2) is 72.8 Å². The molecule has 3 aromatic rings. The molecule has 1 amide bonds. The number of nitrogens with two attached hydrogens (primary N) is 1. The van der Waals surface area contributed by atoms with Gasteiger partial charge in [0.1, 0.15) is 0 Å². The van der Waals surface area contributed by atoms with E-state index in [-0.39, 0.29) is 5.91 Å². The van der Waals surface area contributed by atoms with Crippen LogP contribution in [0.5, 0.6) is 0 Å². The van der Waals surface area contributed by atoms with Crippen LogP contribution < -0.4 is 5.73 Å².